The smallest absolute Gasteiger partial charge is 0.119 e. The van der Waals surface area contributed by atoms with E-state index >= 15 is 0 Å². The Kier molecular flexibility index (Phi) is 4.40. The fraction of sp³-hybridized carbons (Fsp3) is 0.571. The van der Waals surface area contributed by atoms with Gasteiger partial charge in [-0.25, -0.2) is 0 Å². The molecule has 0 heterocycles. The van der Waals surface area contributed by atoms with Crippen LogP contribution in [0.4, 0.5) is 0 Å². The van der Waals surface area contributed by atoms with E-state index in [4.69, 9.17) is 15.2 Å². The van der Waals surface area contributed by atoms with Crippen molar-refractivity contribution in [1.29, 1.82) is 0 Å². The van der Waals surface area contributed by atoms with Gasteiger partial charge in [0, 0.05) is 13.2 Å². The molecule has 1 fully saturated rings. The predicted molar refractivity (Wildman–Crippen MR) is 68.3 cm³/mol. The average Bonchev–Trinajstić information content (AvgIpc) is 2.74. The van der Waals surface area contributed by atoms with Gasteiger partial charge in [0.25, 0.3) is 0 Å². The first-order valence-electron chi connectivity index (χ1n) is 6.29. The molecule has 2 N–H and O–H groups in total. The maximum atomic E-state index is 5.98. The summed E-state index contributed by atoms with van der Waals surface area (Å²) >= 11 is 0. The van der Waals surface area contributed by atoms with E-state index in [-0.39, 0.29) is 12.1 Å². The van der Waals surface area contributed by atoms with E-state index in [0.717, 1.165) is 31.6 Å². The second-order valence-corrected chi connectivity index (χ2v) is 4.64. The van der Waals surface area contributed by atoms with Crippen LogP contribution >= 0.6 is 0 Å². The van der Waals surface area contributed by atoms with Crippen LogP contribution < -0.4 is 10.5 Å². The van der Waals surface area contributed by atoms with Crippen LogP contribution in [0.2, 0.25) is 0 Å². The number of rotatable bonds is 5. The van der Waals surface area contributed by atoms with Crippen LogP contribution in [0.15, 0.2) is 24.3 Å². The van der Waals surface area contributed by atoms with Crippen molar-refractivity contribution in [2.75, 3.05) is 13.7 Å². The standard InChI is InChI=1S/C14H21NO2/c1-16-10-9-11-5-7-12(8-6-11)17-14-4-2-3-13(14)15/h5-8,13-14H,2-4,9-10,15H2,1H3. The summed E-state index contributed by atoms with van der Waals surface area (Å²) in [6.45, 7) is 0.758. The van der Waals surface area contributed by atoms with Crippen molar-refractivity contribution in [2.24, 2.45) is 5.73 Å². The minimum atomic E-state index is 0.194. The van der Waals surface area contributed by atoms with Gasteiger partial charge < -0.3 is 15.2 Å². The van der Waals surface area contributed by atoms with Crippen molar-refractivity contribution in [3.8, 4) is 5.75 Å². The molecule has 0 spiro atoms. The number of hydrogen-bond donors (Lipinski definition) is 1. The monoisotopic (exact) mass is 235 g/mol. The second kappa shape index (κ2) is 6.03. The molecule has 17 heavy (non-hydrogen) atoms. The number of hydrogen-bond acceptors (Lipinski definition) is 3. The molecule has 2 rings (SSSR count). The highest BCUT2D eigenvalue weighted by atomic mass is 16.5. The van der Waals surface area contributed by atoms with Crippen LogP contribution in [0.25, 0.3) is 0 Å². The normalized spacial score (nSPS) is 23.9. The highest BCUT2D eigenvalue weighted by Gasteiger charge is 2.25. The Labute approximate surface area is 103 Å². The maximum Gasteiger partial charge on any atom is 0.119 e. The fourth-order valence-corrected chi connectivity index (χ4v) is 2.23. The zero-order valence-electron chi connectivity index (χ0n) is 10.4. The average molecular weight is 235 g/mol. The molecule has 0 amide bonds. The summed E-state index contributed by atoms with van der Waals surface area (Å²) in [6, 6.07) is 8.43. The Bertz CT molecular complexity index is 337. The van der Waals surface area contributed by atoms with Crippen LogP contribution in [0, 0.1) is 0 Å². The van der Waals surface area contributed by atoms with Gasteiger partial charge in [0.15, 0.2) is 0 Å². The molecule has 1 saturated carbocycles. The molecule has 2 atom stereocenters. The highest BCUT2D eigenvalue weighted by molar-refractivity contribution is 5.27. The van der Waals surface area contributed by atoms with Gasteiger partial charge in [-0.05, 0) is 43.4 Å². The molecule has 1 aliphatic rings. The Morgan fingerprint density at radius 1 is 1.24 bits per heavy atom. The molecular formula is C14H21NO2. The summed E-state index contributed by atoms with van der Waals surface area (Å²) in [5, 5.41) is 0. The molecule has 1 aromatic carbocycles. The number of benzene rings is 1. The topological polar surface area (TPSA) is 44.5 Å². The molecule has 1 aromatic rings. The predicted octanol–water partition coefficient (Wildman–Crippen LogP) is 2.13. The van der Waals surface area contributed by atoms with Crippen LogP contribution in [0.5, 0.6) is 5.75 Å². The van der Waals surface area contributed by atoms with Gasteiger partial charge in [0.2, 0.25) is 0 Å². The molecule has 0 saturated heterocycles. The van der Waals surface area contributed by atoms with E-state index in [9.17, 15) is 0 Å². The molecule has 0 aromatic heterocycles. The fourth-order valence-electron chi connectivity index (χ4n) is 2.23. The van der Waals surface area contributed by atoms with Gasteiger partial charge in [-0.2, -0.15) is 0 Å². The third-order valence-electron chi connectivity index (χ3n) is 3.31. The molecule has 1 aliphatic carbocycles. The van der Waals surface area contributed by atoms with Gasteiger partial charge in [-0.15, -0.1) is 0 Å². The van der Waals surface area contributed by atoms with Gasteiger partial charge in [-0.3, -0.25) is 0 Å². The van der Waals surface area contributed by atoms with Crippen LogP contribution in [0.1, 0.15) is 24.8 Å². The van der Waals surface area contributed by atoms with Crippen molar-refractivity contribution in [1.82, 2.24) is 0 Å². The van der Waals surface area contributed by atoms with Crippen molar-refractivity contribution in [3.05, 3.63) is 29.8 Å². The lowest BCUT2D eigenvalue weighted by atomic mass is 10.1. The highest BCUT2D eigenvalue weighted by Crippen LogP contribution is 2.23. The molecule has 94 valence electrons. The minimum absolute atomic E-state index is 0.194. The summed E-state index contributed by atoms with van der Waals surface area (Å²) in [4.78, 5) is 0. The van der Waals surface area contributed by atoms with Crippen molar-refractivity contribution < 1.29 is 9.47 Å². The van der Waals surface area contributed by atoms with Crippen LogP contribution in [-0.4, -0.2) is 25.9 Å². The lowest BCUT2D eigenvalue weighted by Crippen LogP contribution is -2.33. The van der Waals surface area contributed by atoms with E-state index in [0.29, 0.717) is 0 Å². The Morgan fingerprint density at radius 2 is 2.00 bits per heavy atom. The van der Waals surface area contributed by atoms with Gasteiger partial charge in [-0.1, -0.05) is 12.1 Å². The van der Waals surface area contributed by atoms with Crippen molar-refractivity contribution in [2.45, 2.75) is 37.8 Å². The largest absolute Gasteiger partial charge is 0.489 e. The van der Waals surface area contributed by atoms with E-state index < -0.39 is 0 Å². The summed E-state index contributed by atoms with van der Waals surface area (Å²) in [5.74, 6) is 0.925. The molecule has 2 unspecified atom stereocenters. The van der Waals surface area contributed by atoms with E-state index in [1.807, 2.05) is 12.1 Å². The van der Waals surface area contributed by atoms with Gasteiger partial charge in [0.05, 0.1) is 6.61 Å². The first-order chi connectivity index (χ1) is 8.29. The second-order valence-electron chi connectivity index (χ2n) is 4.64. The number of ether oxygens (including phenoxy) is 2. The summed E-state index contributed by atoms with van der Waals surface area (Å²) < 4.78 is 10.9. The first kappa shape index (κ1) is 12.4. The molecule has 0 bridgehead atoms. The molecule has 3 heteroatoms. The van der Waals surface area contributed by atoms with Crippen LogP contribution in [-0.2, 0) is 11.2 Å². The zero-order valence-corrected chi connectivity index (χ0v) is 10.4. The number of nitrogens with two attached hydrogens (primary N) is 1. The van der Waals surface area contributed by atoms with Crippen LogP contribution in [0.3, 0.4) is 0 Å². The minimum Gasteiger partial charge on any atom is -0.489 e. The van der Waals surface area contributed by atoms with Gasteiger partial charge >= 0.3 is 0 Å². The van der Waals surface area contributed by atoms with Crippen molar-refractivity contribution >= 4 is 0 Å². The summed E-state index contributed by atoms with van der Waals surface area (Å²) in [7, 11) is 1.72. The summed E-state index contributed by atoms with van der Waals surface area (Å²) in [5.41, 5.74) is 7.25. The van der Waals surface area contributed by atoms with Crippen molar-refractivity contribution in [3.63, 3.8) is 0 Å². The quantitative estimate of drug-likeness (QED) is 0.850. The number of methoxy groups -OCH3 is 1. The molecule has 0 radical (unpaired) electrons. The summed E-state index contributed by atoms with van der Waals surface area (Å²) in [6.07, 6.45) is 4.47. The van der Waals surface area contributed by atoms with E-state index in [1.54, 1.807) is 7.11 Å². The maximum absolute atomic E-state index is 5.98. The Morgan fingerprint density at radius 3 is 2.59 bits per heavy atom. The lowest BCUT2D eigenvalue weighted by Gasteiger charge is -2.17. The SMILES string of the molecule is COCCc1ccc(OC2CCCC2N)cc1. The molecular weight excluding hydrogens is 214 g/mol. The Balaban J connectivity index is 1.89. The van der Waals surface area contributed by atoms with E-state index in [1.165, 1.54) is 12.0 Å². The first-order valence-corrected chi connectivity index (χ1v) is 6.29. The third-order valence-corrected chi connectivity index (χ3v) is 3.31. The third kappa shape index (κ3) is 3.45. The zero-order chi connectivity index (χ0) is 12.1. The molecule has 0 aliphatic heterocycles. The molecule has 3 nitrogen and oxygen atoms in total. The van der Waals surface area contributed by atoms with E-state index in [2.05, 4.69) is 12.1 Å². The Hall–Kier alpha value is -1.06. The van der Waals surface area contributed by atoms with Gasteiger partial charge in [0.1, 0.15) is 11.9 Å². The lowest BCUT2D eigenvalue weighted by molar-refractivity contribution is 0.191.